The molecule has 2 aromatic rings. The minimum atomic E-state index is -0.871. The lowest BCUT2D eigenvalue weighted by Crippen LogP contribution is -2.51. The smallest absolute Gasteiger partial charge is 0.262 e. The van der Waals surface area contributed by atoms with Gasteiger partial charge in [-0.2, -0.15) is 0 Å². The van der Waals surface area contributed by atoms with Crippen LogP contribution in [0.5, 0.6) is 0 Å². The predicted octanol–water partition coefficient (Wildman–Crippen LogP) is 2.89. The van der Waals surface area contributed by atoms with Gasteiger partial charge in [0, 0.05) is 13.0 Å². The third-order valence-corrected chi connectivity index (χ3v) is 6.11. The van der Waals surface area contributed by atoms with E-state index in [-0.39, 0.29) is 5.91 Å². The number of imide groups is 1. The summed E-state index contributed by atoms with van der Waals surface area (Å²) in [6.07, 6.45) is 4.93. The molecule has 0 spiro atoms. The molecule has 2 aliphatic rings. The van der Waals surface area contributed by atoms with Crippen molar-refractivity contribution in [2.75, 3.05) is 26.2 Å². The lowest BCUT2D eigenvalue weighted by Gasteiger charge is -2.27. The summed E-state index contributed by atoms with van der Waals surface area (Å²) in [6, 6.07) is 15.4. The van der Waals surface area contributed by atoms with Crippen LogP contribution in [0.1, 0.15) is 52.0 Å². The Hall–Kier alpha value is -2.99. The minimum absolute atomic E-state index is 0.281. The van der Waals surface area contributed by atoms with Gasteiger partial charge in [0.2, 0.25) is 5.91 Å². The first-order valence-corrected chi connectivity index (χ1v) is 11.2. The summed E-state index contributed by atoms with van der Waals surface area (Å²) < 4.78 is 0. The fourth-order valence-corrected chi connectivity index (χ4v) is 4.44. The van der Waals surface area contributed by atoms with E-state index in [1.54, 1.807) is 24.3 Å². The molecule has 0 aromatic heterocycles. The van der Waals surface area contributed by atoms with Crippen molar-refractivity contribution >= 4 is 17.7 Å². The third kappa shape index (κ3) is 4.85. The molecular weight excluding hydrogens is 390 g/mol. The molecule has 0 saturated carbocycles. The molecule has 0 unspecified atom stereocenters. The molecular formula is C25H29N3O3. The van der Waals surface area contributed by atoms with Crippen molar-refractivity contribution in [1.82, 2.24) is 15.1 Å². The molecule has 3 amide bonds. The van der Waals surface area contributed by atoms with Gasteiger partial charge in [-0.15, -0.1) is 0 Å². The number of hydrogen-bond donors (Lipinski definition) is 1. The van der Waals surface area contributed by atoms with Gasteiger partial charge in [0.05, 0.1) is 11.1 Å². The third-order valence-electron chi connectivity index (χ3n) is 6.11. The summed E-state index contributed by atoms with van der Waals surface area (Å²) in [6.45, 7) is 3.74. The number of benzene rings is 2. The van der Waals surface area contributed by atoms with Crippen LogP contribution in [0.25, 0.3) is 0 Å². The fraction of sp³-hybridized carbons (Fsp3) is 0.400. The second-order valence-corrected chi connectivity index (χ2v) is 8.28. The van der Waals surface area contributed by atoms with Crippen molar-refractivity contribution in [2.45, 2.75) is 38.1 Å². The molecule has 0 radical (unpaired) electrons. The van der Waals surface area contributed by atoms with E-state index in [4.69, 9.17) is 0 Å². The van der Waals surface area contributed by atoms with E-state index >= 15 is 0 Å². The van der Waals surface area contributed by atoms with Crippen molar-refractivity contribution in [3.63, 3.8) is 0 Å². The van der Waals surface area contributed by atoms with Gasteiger partial charge < -0.3 is 10.2 Å². The summed E-state index contributed by atoms with van der Waals surface area (Å²) >= 11 is 0. The minimum Gasteiger partial charge on any atom is -0.354 e. The Morgan fingerprint density at radius 2 is 1.48 bits per heavy atom. The summed E-state index contributed by atoms with van der Waals surface area (Å²) in [5.41, 5.74) is 1.64. The van der Waals surface area contributed by atoms with Crippen LogP contribution in [0, 0.1) is 0 Å². The maximum absolute atomic E-state index is 13.2. The van der Waals surface area contributed by atoms with Gasteiger partial charge >= 0.3 is 0 Å². The van der Waals surface area contributed by atoms with Gasteiger partial charge in [-0.1, -0.05) is 48.9 Å². The summed E-state index contributed by atoms with van der Waals surface area (Å²) in [4.78, 5) is 42.7. The normalized spacial score (nSPS) is 17.5. The Bertz CT molecular complexity index is 903. The van der Waals surface area contributed by atoms with Crippen molar-refractivity contribution in [3.05, 3.63) is 71.3 Å². The van der Waals surface area contributed by atoms with E-state index in [1.807, 2.05) is 30.3 Å². The largest absolute Gasteiger partial charge is 0.354 e. The number of hydrogen-bond acceptors (Lipinski definition) is 4. The first-order chi connectivity index (χ1) is 15.1. The molecule has 2 aliphatic heterocycles. The number of fused-ring (bicyclic) bond motifs is 1. The highest BCUT2D eigenvalue weighted by Gasteiger charge is 2.42. The molecule has 1 fully saturated rings. The molecule has 2 aromatic carbocycles. The van der Waals surface area contributed by atoms with Gasteiger partial charge in [0.15, 0.2) is 0 Å². The number of piperidine rings is 1. The lowest BCUT2D eigenvalue weighted by atomic mass is 10.0. The van der Waals surface area contributed by atoms with Gasteiger partial charge in [-0.3, -0.25) is 19.3 Å². The Kier molecular flexibility index (Phi) is 6.77. The van der Waals surface area contributed by atoms with Crippen LogP contribution in [0.2, 0.25) is 0 Å². The van der Waals surface area contributed by atoms with Crippen molar-refractivity contribution in [1.29, 1.82) is 0 Å². The van der Waals surface area contributed by atoms with Crippen LogP contribution >= 0.6 is 0 Å². The molecule has 6 nitrogen and oxygen atoms in total. The molecule has 1 N–H and O–H groups in total. The second-order valence-electron chi connectivity index (χ2n) is 8.28. The Morgan fingerprint density at radius 3 is 2.13 bits per heavy atom. The predicted molar refractivity (Wildman–Crippen MR) is 119 cm³/mol. The Labute approximate surface area is 183 Å². The van der Waals surface area contributed by atoms with Gasteiger partial charge in [0.25, 0.3) is 11.8 Å². The quantitative estimate of drug-likeness (QED) is 0.528. The molecule has 1 atom stereocenters. The van der Waals surface area contributed by atoms with Gasteiger partial charge in [0.1, 0.15) is 6.04 Å². The standard InChI is InChI=1S/C25H29N3O3/c29-23(26-14-9-17-27-15-7-2-8-16-27)22(18-19-10-3-1-4-11-19)28-24(30)20-12-5-6-13-21(20)25(28)31/h1,3-6,10-13,22H,2,7-9,14-18H2,(H,26,29)/t22-/m0/s1. The lowest BCUT2D eigenvalue weighted by molar-refractivity contribution is -0.125. The van der Waals surface area contributed by atoms with E-state index in [9.17, 15) is 14.4 Å². The number of nitrogens with one attached hydrogen (secondary N) is 1. The van der Waals surface area contributed by atoms with Gasteiger partial charge in [-0.05, 0) is 56.6 Å². The number of amides is 3. The maximum Gasteiger partial charge on any atom is 0.262 e. The SMILES string of the molecule is O=C(NCCCN1CCCCC1)[C@H](Cc1ccccc1)N1C(=O)c2ccccc2C1=O. The number of carbonyl (C=O) groups excluding carboxylic acids is 3. The number of nitrogens with zero attached hydrogens (tertiary/aromatic N) is 2. The van der Waals surface area contributed by atoms with E-state index in [1.165, 1.54) is 19.3 Å². The summed E-state index contributed by atoms with van der Waals surface area (Å²) in [7, 11) is 0. The molecule has 0 bridgehead atoms. The van der Waals surface area contributed by atoms with Crippen LogP contribution in [0.4, 0.5) is 0 Å². The first kappa shape index (κ1) is 21.2. The molecule has 0 aliphatic carbocycles. The molecule has 31 heavy (non-hydrogen) atoms. The van der Waals surface area contributed by atoms with Gasteiger partial charge in [-0.25, -0.2) is 0 Å². The maximum atomic E-state index is 13.2. The number of rotatable bonds is 8. The van der Waals surface area contributed by atoms with Crippen molar-refractivity contribution in [2.24, 2.45) is 0 Å². The highest BCUT2D eigenvalue weighted by molar-refractivity contribution is 6.22. The molecule has 2 heterocycles. The highest BCUT2D eigenvalue weighted by Crippen LogP contribution is 2.26. The van der Waals surface area contributed by atoms with Crippen molar-refractivity contribution < 1.29 is 14.4 Å². The van der Waals surface area contributed by atoms with E-state index < -0.39 is 17.9 Å². The summed E-state index contributed by atoms with van der Waals surface area (Å²) in [5.74, 6) is -1.08. The fourth-order valence-electron chi connectivity index (χ4n) is 4.44. The van der Waals surface area contributed by atoms with Crippen molar-refractivity contribution in [3.8, 4) is 0 Å². The topological polar surface area (TPSA) is 69.7 Å². The number of likely N-dealkylation sites (tertiary alicyclic amines) is 1. The van der Waals surface area contributed by atoms with Crippen LogP contribution in [0.15, 0.2) is 54.6 Å². The zero-order valence-electron chi connectivity index (χ0n) is 17.8. The van der Waals surface area contributed by atoms with Crippen LogP contribution in [-0.4, -0.2) is 59.7 Å². The van der Waals surface area contributed by atoms with E-state index in [2.05, 4.69) is 10.2 Å². The molecule has 162 valence electrons. The van der Waals surface area contributed by atoms with Crippen LogP contribution in [0.3, 0.4) is 0 Å². The van der Waals surface area contributed by atoms with Crippen LogP contribution < -0.4 is 5.32 Å². The molecule has 4 rings (SSSR count). The Balaban J connectivity index is 1.45. The zero-order chi connectivity index (χ0) is 21.6. The first-order valence-electron chi connectivity index (χ1n) is 11.2. The zero-order valence-corrected chi connectivity index (χ0v) is 17.8. The number of carbonyl (C=O) groups is 3. The average molecular weight is 420 g/mol. The average Bonchev–Trinajstić information content (AvgIpc) is 3.06. The second kappa shape index (κ2) is 9.88. The van der Waals surface area contributed by atoms with Crippen LogP contribution in [-0.2, 0) is 11.2 Å². The highest BCUT2D eigenvalue weighted by atomic mass is 16.2. The van der Waals surface area contributed by atoms with E-state index in [0.717, 1.165) is 36.5 Å². The Morgan fingerprint density at radius 1 is 0.871 bits per heavy atom. The summed E-state index contributed by atoms with van der Waals surface area (Å²) in [5, 5.41) is 2.98. The van der Waals surface area contributed by atoms with E-state index in [0.29, 0.717) is 24.1 Å². The molecule has 1 saturated heterocycles. The molecule has 6 heteroatoms. The monoisotopic (exact) mass is 419 g/mol.